The number of hydrogen-bond acceptors (Lipinski definition) is 4. The van der Waals surface area contributed by atoms with Gasteiger partial charge in [-0.05, 0) is 61.2 Å². The number of carbonyl (C=O) groups is 2. The second-order valence-corrected chi connectivity index (χ2v) is 10.0. The highest BCUT2D eigenvalue weighted by atomic mass is 16.5. The Morgan fingerprint density at radius 2 is 1.57 bits per heavy atom. The SMILES string of the molecule is Cc1ccc(OCCCCN2C(=O)COc3ccc(NC(=O)CC(c4ccccc4)c4ccccc4)cc32)cc1. The fourth-order valence-electron chi connectivity index (χ4n) is 4.92. The lowest BCUT2D eigenvalue weighted by molar-refractivity contribution is -0.121. The standard InChI is InChI=1S/C34H34N2O4/c1-25-14-17-29(18-15-25)39-21-9-8-20-36-31-22-28(16-19-32(31)40-24-34(36)38)35-33(37)23-30(26-10-4-2-5-11-26)27-12-6-3-7-13-27/h2-7,10-19,22,30H,8-9,20-21,23-24H2,1H3,(H,35,37). The van der Waals surface area contributed by atoms with Crippen LogP contribution in [0.4, 0.5) is 11.4 Å². The monoisotopic (exact) mass is 534 g/mol. The molecule has 0 unspecified atom stereocenters. The van der Waals surface area contributed by atoms with Crippen LogP contribution in [0.5, 0.6) is 11.5 Å². The van der Waals surface area contributed by atoms with Gasteiger partial charge < -0.3 is 19.7 Å². The molecule has 40 heavy (non-hydrogen) atoms. The maximum atomic E-state index is 13.2. The molecule has 4 aromatic rings. The summed E-state index contributed by atoms with van der Waals surface area (Å²) in [4.78, 5) is 27.7. The first kappa shape index (κ1) is 27.0. The number of benzene rings is 4. The van der Waals surface area contributed by atoms with Crippen LogP contribution >= 0.6 is 0 Å². The van der Waals surface area contributed by atoms with Crippen molar-refractivity contribution in [3.8, 4) is 11.5 Å². The highest BCUT2D eigenvalue weighted by molar-refractivity contribution is 5.99. The quantitative estimate of drug-likeness (QED) is 0.216. The minimum Gasteiger partial charge on any atom is -0.494 e. The molecule has 0 fully saturated rings. The van der Waals surface area contributed by atoms with Gasteiger partial charge in [-0.15, -0.1) is 0 Å². The molecule has 1 aliphatic rings. The van der Waals surface area contributed by atoms with Crippen molar-refractivity contribution in [3.05, 3.63) is 120 Å². The molecule has 6 heteroatoms. The number of carbonyl (C=O) groups excluding carboxylic acids is 2. The third-order valence-corrected chi connectivity index (χ3v) is 7.04. The lowest BCUT2D eigenvalue weighted by Gasteiger charge is -2.30. The van der Waals surface area contributed by atoms with E-state index in [4.69, 9.17) is 9.47 Å². The molecule has 204 valence electrons. The van der Waals surface area contributed by atoms with Crippen LogP contribution in [0.1, 0.15) is 41.9 Å². The minimum atomic E-state index is -0.0967. The molecular weight excluding hydrogens is 500 g/mol. The first-order valence-electron chi connectivity index (χ1n) is 13.7. The van der Waals surface area contributed by atoms with Gasteiger partial charge in [0.1, 0.15) is 11.5 Å². The number of nitrogens with one attached hydrogen (secondary N) is 1. The van der Waals surface area contributed by atoms with Crippen molar-refractivity contribution in [2.45, 2.75) is 32.1 Å². The van der Waals surface area contributed by atoms with E-state index in [1.165, 1.54) is 5.56 Å². The molecule has 0 atom stereocenters. The molecule has 6 nitrogen and oxygen atoms in total. The molecule has 0 aliphatic carbocycles. The zero-order chi connectivity index (χ0) is 27.7. The molecule has 0 aromatic heterocycles. The van der Waals surface area contributed by atoms with Crippen molar-refractivity contribution in [1.82, 2.24) is 0 Å². The maximum Gasteiger partial charge on any atom is 0.265 e. The Morgan fingerprint density at radius 3 is 2.25 bits per heavy atom. The van der Waals surface area contributed by atoms with Gasteiger partial charge in [0.25, 0.3) is 5.91 Å². The van der Waals surface area contributed by atoms with Gasteiger partial charge >= 0.3 is 0 Å². The van der Waals surface area contributed by atoms with E-state index >= 15 is 0 Å². The maximum absolute atomic E-state index is 13.2. The van der Waals surface area contributed by atoms with Gasteiger partial charge in [-0.2, -0.15) is 0 Å². The Hall–Kier alpha value is -4.58. The van der Waals surface area contributed by atoms with Crippen LogP contribution in [0, 0.1) is 6.92 Å². The van der Waals surface area contributed by atoms with E-state index in [1.807, 2.05) is 85.8 Å². The summed E-state index contributed by atoms with van der Waals surface area (Å²) in [5.41, 5.74) is 4.68. The smallest absolute Gasteiger partial charge is 0.265 e. The Bertz CT molecular complexity index is 1380. The van der Waals surface area contributed by atoms with Gasteiger partial charge in [0.05, 0.1) is 12.3 Å². The summed E-state index contributed by atoms with van der Waals surface area (Å²) < 4.78 is 11.5. The molecule has 0 spiro atoms. The summed E-state index contributed by atoms with van der Waals surface area (Å²) in [6, 6.07) is 33.6. The Kier molecular flexibility index (Phi) is 8.76. The summed E-state index contributed by atoms with van der Waals surface area (Å²) in [6.07, 6.45) is 1.89. The van der Waals surface area contributed by atoms with Gasteiger partial charge in [0.2, 0.25) is 5.91 Å². The second kappa shape index (κ2) is 13.0. The minimum absolute atomic E-state index is 0.00834. The van der Waals surface area contributed by atoms with Crippen LogP contribution in [0.3, 0.4) is 0 Å². The largest absolute Gasteiger partial charge is 0.494 e. The fraction of sp³-hybridized carbons (Fsp3) is 0.235. The fourth-order valence-corrected chi connectivity index (χ4v) is 4.92. The zero-order valence-electron chi connectivity index (χ0n) is 22.7. The molecule has 1 N–H and O–H groups in total. The lowest BCUT2D eigenvalue weighted by atomic mass is 9.88. The number of aryl methyl sites for hydroxylation is 1. The van der Waals surface area contributed by atoms with Crippen molar-refractivity contribution in [2.75, 3.05) is 30.0 Å². The second-order valence-electron chi connectivity index (χ2n) is 10.0. The summed E-state index contributed by atoms with van der Waals surface area (Å²) in [5.74, 6) is 1.23. The van der Waals surface area contributed by atoms with Crippen LogP contribution in [-0.2, 0) is 9.59 Å². The lowest BCUT2D eigenvalue weighted by Crippen LogP contribution is -2.39. The molecular formula is C34H34N2O4. The van der Waals surface area contributed by atoms with Crippen molar-refractivity contribution < 1.29 is 19.1 Å². The topological polar surface area (TPSA) is 67.9 Å². The Labute approximate surface area is 235 Å². The molecule has 0 saturated heterocycles. The zero-order valence-corrected chi connectivity index (χ0v) is 22.7. The Balaban J connectivity index is 1.22. The van der Waals surface area contributed by atoms with E-state index in [-0.39, 0.29) is 24.3 Å². The summed E-state index contributed by atoms with van der Waals surface area (Å²) in [7, 11) is 0. The predicted octanol–water partition coefficient (Wildman–Crippen LogP) is 6.74. The summed E-state index contributed by atoms with van der Waals surface area (Å²) in [6.45, 7) is 3.18. The van der Waals surface area contributed by atoms with Crippen LogP contribution in [0.2, 0.25) is 0 Å². The molecule has 0 saturated carbocycles. The molecule has 2 amide bonds. The van der Waals surface area contributed by atoms with Crippen molar-refractivity contribution in [3.63, 3.8) is 0 Å². The van der Waals surface area contributed by atoms with E-state index in [2.05, 4.69) is 29.6 Å². The van der Waals surface area contributed by atoms with Gasteiger partial charge in [-0.1, -0.05) is 78.4 Å². The molecule has 0 radical (unpaired) electrons. The van der Waals surface area contributed by atoms with E-state index < -0.39 is 0 Å². The molecule has 1 heterocycles. The number of amides is 2. The normalized spacial score (nSPS) is 12.6. The van der Waals surface area contributed by atoms with Crippen LogP contribution in [-0.4, -0.2) is 31.6 Å². The molecule has 1 aliphatic heterocycles. The van der Waals surface area contributed by atoms with E-state index in [9.17, 15) is 9.59 Å². The highest BCUT2D eigenvalue weighted by Crippen LogP contribution is 2.35. The number of nitrogens with zero attached hydrogens (tertiary/aromatic N) is 1. The number of hydrogen-bond donors (Lipinski definition) is 1. The van der Waals surface area contributed by atoms with Crippen LogP contribution < -0.4 is 19.7 Å². The van der Waals surface area contributed by atoms with Crippen molar-refractivity contribution in [2.24, 2.45) is 0 Å². The van der Waals surface area contributed by atoms with E-state index in [1.54, 1.807) is 4.90 Å². The van der Waals surface area contributed by atoms with Crippen LogP contribution in [0.25, 0.3) is 0 Å². The number of rotatable bonds is 11. The molecule has 5 rings (SSSR count). The van der Waals surface area contributed by atoms with Crippen molar-refractivity contribution >= 4 is 23.2 Å². The van der Waals surface area contributed by atoms with Gasteiger partial charge in [-0.3, -0.25) is 9.59 Å². The third-order valence-electron chi connectivity index (χ3n) is 7.04. The number of unbranched alkanes of at least 4 members (excludes halogenated alkanes) is 1. The average molecular weight is 535 g/mol. The molecule has 0 bridgehead atoms. The van der Waals surface area contributed by atoms with Crippen molar-refractivity contribution in [1.29, 1.82) is 0 Å². The first-order valence-corrected chi connectivity index (χ1v) is 13.7. The number of ether oxygens (including phenoxy) is 2. The summed E-state index contributed by atoms with van der Waals surface area (Å²) >= 11 is 0. The first-order chi connectivity index (χ1) is 19.6. The Morgan fingerprint density at radius 1 is 0.900 bits per heavy atom. The number of anilines is 2. The summed E-state index contributed by atoms with van der Waals surface area (Å²) in [5, 5.41) is 3.04. The average Bonchev–Trinajstić information content (AvgIpc) is 2.98. The van der Waals surface area contributed by atoms with Gasteiger partial charge in [0.15, 0.2) is 6.61 Å². The van der Waals surface area contributed by atoms with E-state index in [0.29, 0.717) is 36.7 Å². The van der Waals surface area contributed by atoms with Gasteiger partial charge in [0, 0.05) is 24.6 Å². The predicted molar refractivity (Wildman–Crippen MR) is 158 cm³/mol. The highest BCUT2D eigenvalue weighted by Gasteiger charge is 2.26. The number of fused-ring (bicyclic) bond motifs is 1. The molecule has 4 aromatic carbocycles. The van der Waals surface area contributed by atoms with Crippen LogP contribution in [0.15, 0.2) is 103 Å². The van der Waals surface area contributed by atoms with E-state index in [0.717, 1.165) is 29.7 Å². The van der Waals surface area contributed by atoms with Gasteiger partial charge in [-0.25, -0.2) is 0 Å². The third kappa shape index (κ3) is 6.89.